The van der Waals surface area contributed by atoms with Crippen LogP contribution in [-0.2, 0) is 10.8 Å². The van der Waals surface area contributed by atoms with Crippen LogP contribution in [0.25, 0.3) is 0 Å². The van der Waals surface area contributed by atoms with Crippen LogP contribution in [0.15, 0.2) is 54.3 Å². The Kier molecular flexibility index (Phi) is 8.89. The van der Waals surface area contributed by atoms with Crippen molar-refractivity contribution >= 4 is 8.32 Å². The number of hydrogen-bond donors (Lipinski definition) is 0. The minimum absolute atomic E-state index is 0.449. The van der Waals surface area contributed by atoms with Gasteiger partial charge in [-0.25, -0.2) is 0 Å². The van der Waals surface area contributed by atoms with Crippen molar-refractivity contribution in [3.63, 3.8) is 0 Å². The van der Waals surface area contributed by atoms with Crippen molar-refractivity contribution in [3.05, 3.63) is 59.9 Å². The fourth-order valence-corrected chi connectivity index (χ4v) is 9.67. The maximum atomic E-state index is 6.98. The van der Waals surface area contributed by atoms with Gasteiger partial charge in [-0.2, -0.15) is 0 Å². The Balaban J connectivity index is 3.12. The Morgan fingerprint density at radius 3 is 1.88 bits per heavy atom. The third-order valence-electron chi connectivity index (χ3n) is 5.36. The quantitative estimate of drug-likeness (QED) is 0.230. The second-order valence-electron chi connectivity index (χ2n) is 8.85. The van der Waals surface area contributed by atoms with Crippen molar-refractivity contribution in [3.8, 4) is 0 Å². The van der Waals surface area contributed by atoms with Gasteiger partial charge in [-0.15, -0.1) is 0 Å². The van der Waals surface area contributed by atoms with Crippen molar-refractivity contribution < 1.29 is 4.43 Å². The van der Waals surface area contributed by atoms with Crippen molar-refractivity contribution in [1.82, 2.24) is 0 Å². The van der Waals surface area contributed by atoms with Crippen LogP contribution in [-0.4, -0.2) is 8.32 Å². The largest absolute Gasteiger partial charge is 0.546 e. The molecule has 1 aromatic rings. The van der Waals surface area contributed by atoms with E-state index in [9.17, 15) is 0 Å². The van der Waals surface area contributed by atoms with E-state index >= 15 is 0 Å². The highest BCUT2D eigenvalue weighted by molar-refractivity contribution is 6.77. The molecule has 26 heavy (non-hydrogen) atoms. The highest BCUT2D eigenvalue weighted by Gasteiger charge is 2.47. The molecule has 146 valence electrons. The lowest BCUT2D eigenvalue weighted by Crippen LogP contribution is -2.47. The van der Waals surface area contributed by atoms with Gasteiger partial charge < -0.3 is 4.43 Å². The van der Waals surface area contributed by atoms with Crippen LogP contribution >= 0.6 is 0 Å². The van der Waals surface area contributed by atoms with E-state index in [-0.39, 0.29) is 0 Å². The average molecular weight is 373 g/mol. The fraction of sp³-hybridized carbons (Fsp3) is 0.583. The van der Waals surface area contributed by atoms with Crippen molar-refractivity contribution in [1.29, 1.82) is 0 Å². The van der Waals surface area contributed by atoms with E-state index < -0.39 is 8.32 Å². The van der Waals surface area contributed by atoms with Gasteiger partial charge in [0.2, 0.25) is 0 Å². The second-order valence-corrected chi connectivity index (χ2v) is 14.2. The maximum absolute atomic E-state index is 6.98. The molecule has 0 radical (unpaired) electrons. The molecular weight excluding hydrogens is 332 g/mol. The van der Waals surface area contributed by atoms with Crippen LogP contribution in [0, 0.1) is 5.92 Å². The van der Waals surface area contributed by atoms with Crippen molar-refractivity contribution in [2.75, 3.05) is 0 Å². The Bertz CT molecular complexity index is 562. The average Bonchev–Trinajstić information content (AvgIpc) is 2.51. The zero-order valence-corrected chi connectivity index (χ0v) is 19.3. The molecule has 0 saturated carbocycles. The summed E-state index contributed by atoms with van der Waals surface area (Å²) in [4.78, 5) is 0. The smallest absolute Gasteiger partial charge is 0.258 e. The van der Waals surface area contributed by atoms with Crippen LogP contribution in [0.5, 0.6) is 0 Å². The van der Waals surface area contributed by atoms with E-state index in [2.05, 4.69) is 98.4 Å². The highest BCUT2D eigenvalue weighted by Crippen LogP contribution is 2.44. The Morgan fingerprint density at radius 1 is 0.962 bits per heavy atom. The van der Waals surface area contributed by atoms with Gasteiger partial charge >= 0.3 is 0 Å². The van der Waals surface area contributed by atoms with Gasteiger partial charge in [0.05, 0.1) is 5.76 Å². The second kappa shape index (κ2) is 10.2. The van der Waals surface area contributed by atoms with Crippen molar-refractivity contribution in [2.45, 2.75) is 84.9 Å². The summed E-state index contributed by atoms with van der Waals surface area (Å²) in [5.41, 5.74) is 4.30. The van der Waals surface area contributed by atoms with Gasteiger partial charge in [0, 0.05) is 6.42 Å². The zero-order valence-electron chi connectivity index (χ0n) is 18.3. The van der Waals surface area contributed by atoms with E-state index in [1.165, 1.54) is 11.1 Å². The third-order valence-corrected chi connectivity index (χ3v) is 11.4. The topological polar surface area (TPSA) is 9.23 Å². The SMILES string of the molecule is C=C(C)C/C(=C/C(C)Cc1ccccc1)O[Si](C(C)C)(C(C)C)C(C)C. The van der Waals surface area contributed by atoms with E-state index in [1.807, 2.05) is 0 Å². The van der Waals surface area contributed by atoms with Crippen LogP contribution in [0.2, 0.25) is 16.6 Å². The summed E-state index contributed by atoms with van der Waals surface area (Å²) in [7, 11) is -1.93. The van der Waals surface area contributed by atoms with Gasteiger partial charge in [0.25, 0.3) is 8.32 Å². The van der Waals surface area contributed by atoms with E-state index in [1.54, 1.807) is 0 Å². The number of hydrogen-bond acceptors (Lipinski definition) is 1. The van der Waals surface area contributed by atoms with Gasteiger partial charge in [-0.3, -0.25) is 0 Å². The predicted molar refractivity (Wildman–Crippen MR) is 119 cm³/mol. The monoisotopic (exact) mass is 372 g/mol. The summed E-state index contributed by atoms with van der Waals surface area (Å²) in [6.45, 7) is 22.6. The first-order valence-electron chi connectivity index (χ1n) is 10.2. The Hall–Kier alpha value is -1.28. The molecule has 0 aliphatic carbocycles. The summed E-state index contributed by atoms with van der Waals surface area (Å²) < 4.78 is 6.98. The Labute approximate surface area is 163 Å². The van der Waals surface area contributed by atoms with Gasteiger partial charge in [0.1, 0.15) is 0 Å². The predicted octanol–water partition coefficient (Wildman–Crippen LogP) is 7.91. The van der Waals surface area contributed by atoms with Gasteiger partial charge in [-0.1, -0.05) is 91.0 Å². The molecule has 0 heterocycles. The molecule has 0 N–H and O–H groups in total. The molecule has 1 atom stereocenters. The lowest BCUT2D eigenvalue weighted by atomic mass is 9.99. The summed E-state index contributed by atoms with van der Waals surface area (Å²) >= 11 is 0. The fourth-order valence-electron chi connectivity index (χ4n) is 4.37. The van der Waals surface area contributed by atoms with Gasteiger partial charge in [-0.05, 0) is 47.5 Å². The van der Waals surface area contributed by atoms with Crippen LogP contribution < -0.4 is 0 Å². The first kappa shape index (κ1) is 22.8. The third kappa shape index (κ3) is 6.16. The molecule has 0 saturated heterocycles. The summed E-state index contributed by atoms with van der Waals surface area (Å²) in [6.07, 6.45) is 4.25. The molecule has 1 rings (SSSR count). The molecule has 0 aromatic heterocycles. The minimum Gasteiger partial charge on any atom is -0.546 e. The number of benzene rings is 1. The van der Waals surface area contributed by atoms with Gasteiger partial charge in [0.15, 0.2) is 0 Å². The Morgan fingerprint density at radius 2 is 1.46 bits per heavy atom. The zero-order chi connectivity index (χ0) is 19.9. The molecule has 0 aliphatic heterocycles. The molecule has 1 nitrogen and oxygen atoms in total. The van der Waals surface area contributed by atoms with Crippen LogP contribution in [0.3, 0.4) is 0 Å². The maximum Gasteiger partial charge on any atom is 0.258 e. The molecular formula is C24H40OSi. The van der Waals surface area contributed by atoms with E-state index in [4.69, 9.17) is 4.43 Å². The van der Waals surface area contributed by atoms with Crippen LogP contribution in [0.4, 0.5) is 0 Å². The molecule has 0 amide bonds. The lowest BCUT2D eigenvalue weighted by Gasteiger charge is -2.43. The van der Waals surface area contributed by atoms with E-state index in [0.29, 0.717) is 22.5 Å². The standard InChI is InChI=1S/C24H40OSi/c1-18(2)15-24(17-22(9)16-23-13-11-10-12-14-23)25-26(19(3)4,20(5)6)21(7)8/h10-14,17,19-22H,1,15-16H2,2-9H3/b24-17-. The molecule has 2 heteroatoms. The summed E-state index contributed by atoms with van der Waals surface area (Å²) in [5, 5.41) is 0. The first-order valence-corrected chi connectivity index (χ1v) is 12.3. The first-order chi connectivity index (χ1) is 12.1. The lowest BCUT2D eigenvalue weighted by molar-refractivity contribution is 0.356. The van der Waals surface area contributed by atoms with E-state index in [0.717, 1.165) is 18.6 Å². The number of rotatable bonds is 10. The van der Waals surface area contributed by atoms with Crippen molar-refractivity contribution in [2.24, 2.45) is 5.92 Å². The molecule has 0 spiro atoms. The molecule has 0 aliphatic rings. The highest BCUT2D eigenvalue weighted by atomic mass is 28.4. The minimum atomic E-state index is -1.93. The normalized spacial score (nSPS) is 14.2. The summed E-state index contributed by atoms with van der Waals surface area (Å²) in [5.74, 6) is 1.59. The molecule has 1 aromatic carbocycles. The molecule has 0 fully saturated rings. The number of allylic oxidation sites excluding steroid dienone is 2. The molecule has 0 bridgehead atoms. The van der Waals surface area contributed by atoms with Crippen LogP contribution in [0.1, 0.15) is 67.4 Å². The summed E-state index contributed by atoms with van der Waals surface area (Å²) in [6, 6.07) is 10.7. The molecule has 1 unspecified atom stereocenters.